The van der Waals surface area contributed by atoms with Gasteiger partial charge in [-0.3, -0.25) is 0 Å². The largest absolute Gasteiger partial charge is 0.477 e. The molecule has 2 rings (SSSR count). The van der Waals surface area contributed by atoms with E-state index in [1.807, 2.05) is 0 Å². The zero-order valence-electron chi connectivity index (χ0n) is 9.07. The first-order valence-electron chi connectivity index (χ1n) is 4.82. The Balaban J connectivity index is 2.14. The van der Waals surface area contributed by atoms with Crippen LogP contribution < -0.4 is 0 Å². The lowest BCUT2D eigenvalue weighted by atomic mass is 10.2. The van der Waals surface area contributed by atoms with Gasteiger partial charge in [-0.15, -0.1) is 0 Å². The fourth-order valence-corrected chi connectivity index (χ4v) is 2.18. The van der Waals surface area contributed by atoms with E-state index in [-0.39, 0.29) is 5.69 Å². The second-order valence-corrected chi connectivity index (χ2v) is 4.21. The molecule has 0 aliphatic heterocycles. The van der Waals surface area contributed by atoms with Crippen LogP contribution >= 0.6 is 11.8 Å². The summed E-state index contributed by atoms with van der Waals surface area (Å²) in [6.07, 6.45) is 2.93. The average molecular weight is 250 g/mol. The molecule has 0 unspecified atom stereocenters. The average Bonchev–Trinajstić information content (AvgIpc) is 2.72. The van der Waals surface area contributed by atoms with Crippen LogP contribution in [-0.2, 0) is 12.8 Å². The van der Waals surface area contributed by atoms with Crippen molar-refractivity contribution in [2.45, 2.75) is 10.9 Å². The number of carbonyl (C=O) groups is 1. The maximum Gasteiger partial charge on any atom is 0.354 e. The molecule has 0 atom stereocenters. The Labute approximate surface area is 102 Å². The van der Waals surface area contributed by atoms with Gasteiger partial charge in [0.2, 0.25) is 0 Å². The van der Waals surface area contributed by atoms with Crippen LogP contribution in [0.15, 0.2) is 29.8 Å². The molecule has 0 aromatic carbocycles. The molecule has 7 heteroatoms. The highest BCUT2D eigenvalue weighted by Crippen LogP contribution is 2.21. The van der Waals surface area contributed by atoms with Crippen molar-refractivity contribution in [2.24, 2.45) is 7.05 Å². The Morgan fingerprint density at radius 2 is 2.35 bits per heavy atom. The maximum absolute atomic E-state index is 10.9. The van der Waals surface area contributed by atoms with Crippen LogP contribution in [-0.4, -0.2) is 30.8 Å². The lowest BCUT2D eigenvalue weighted by Crippen LogP contribution is -2.04. The van der Waals surface area contributed by atoms with Crippen LogP contribution in [0.25, 0.3) is 0 Å². The molecule has 0 aliphatic rings. The van der Waals surface area contributed by atoms with E-state index < -0.39 is 5.97 Å². The van der Waals surface area contributed by atoms with Crippen molar-refractivity contribution < 1.29 is 9.90 Å². The van der Waals surface area contributed by atoms with Gasteiger partial charge in [0.05, 0.1) is 0 Å². The first-order chi connectivity index (χ1) is 8.18. The van der Waals surface area contributed by atoms with Crippen LogP contribution in [0.1, 0.15) is 16.1 Å². The Bertz CT molecular complexity index is 541. The van der Waals surface area contributed by atoms with Crippen molar-refractivity contribution in [3.8, 4) is 0 Å². The van der Waals surface area contributed by atoms with E-state index >= 15 is 0 Å². The molecule has 0 saturated heterocycles. The number of carboxylic acid groups (broad SMARTS) is 1. The summed E-state index contributed by atoms with van der Waals surface area (Å²) in [6, 6.07) is 3.47. The number of rotatable bonds is 4. The van der Waals surface area contributed by atoms with Crippen molar-refractivity contribution in [3.05, 3.63) is 35.9 Å². The lowest BCUT2D eigenvalue weighted by molar-refractivity contribution is 0.0689. The molecule has 0 spiro atoms. The molecule has 1 N–H and O–H groups in total. The highest BCUT2D eigenvalue weighted by Gasteiger charge is 2.12. The minimum absolute atomic E-state index is 0.0853. The van der Waals surface area contributed by atoms with Crippen LogP contribution in [0.3, 0.4) is 0 Å². The number of hydrogen-bond donors (Lipinski definition) is 1. The minimum Gasteiger partial charge on any atom is -0.477 e. The number of aromatic carboxylic acids is 1. The van der Waals surface area contributed by atoms with Gasteiger partial charge >= 0.3 is 5.97 Å². The van der Waals surface area contributed by atoms with Crippen molar-refractivity contribution in [1.29, 1.82) is 0 Å². The normalized spacial score (nSPS) is 10.4. The summed E-state index contributed by atoms with van der Waals surface area (Å²) >= 11 is 1.42. The van der Waals surface area contributed by atoms with Gasteiger partial charge < -0.3 is 5.11 Å². The Morgan fingerprint density at radius 3 is 3.00 bits per heavy atom. The first-order valence-corrected chi connectivity index (χ1v) is 5.81. The summed E-state index contributed by atoms with van der Waals surface area (Å²) < 4.78 is 1.64. The van der Waals surface area contributed by atoms with E-state index in [4.69, 9.17) is 5.11 Å². The predicted molar refractivity (Wildman–Crippen MR) is 61.8 cm³/mol. The maximum atomic E-state index is 10.9. The fraction of sp³-hybridized carbons (Fsp3) is 0.200. The summed E-state index contributed by atoms with van der Waals surface area (Å²) in [5.41, 5.74) is 0.759. The van der Waals surface area contributed by atoms with Crippen LogP contribution in [0.5, 0.6) is 0 Å². The van der Waals surface area contributed by atoms with Crippen molar-refractivity contribution in [3.63, 3.8) is 0 Å². The van der Waals surface area contributed by atoms with Crippen LogP contribution in [0, 0.1) is 0 Å². The highest BCUT2D eigenvalue weighted by molar-refractivity contribution is 7.98. The van der Waals surface area contributed by atoms with Crippen molar-refractivity contribution in [1.82, 2.24) is 19.7 Å². The Hall–Kier alpha value is -1.89. The van der Waals surface area contributed by atoms with E-state index in [1.54, 1.807) is 23.9 Å². The van der Waals surface area contributed by atoms with E-state index in [9.17, 15) is 4.79 Å². The van der Waals surface area contributed by atoms with Gasteiger partial charge in [0, 0.05) is 19.0 Å². The van der Waals surface area contributed by atoms with Gasteiger partial charge in [0.1, 0.15) is 6.33 Å². The predicted octanol–water partition coefficient (Wildman–Crippen LogP) is 1.20. The van der Waals surface area contributed by atoms with E-state index in [2.05, 4.69) is 15.1 Å². The first kappa shape index (κ1) is 11.6. The molecule has 0 aliphatic carbocycles. The third-order valence-electron chi connectivity index (χ3n) is 2.12. The van der Waals surface area contributed by atoms with Gasteiger partial charge in [-0.1, -0.05) is 17.8 Å². The van der Waals surface area contributed by atoms with Crippen molar-refractivity contribution >= 4 is 17.7 Å². The number of carboxylic acids is 1. The summed E-state index contributed by atoms with van der Waals surface area (Å²) in [5, 5.41) is 13.7. The third-order valence-corrected chi connectivity index (χ3v) is 3.20. The van der Waals surface area contributed by atoms with Gasteiger partial charge in [-0.05, 0) is 11.6 Å². The molecule has 0 radical (unpaired) electrons. The Morgan fingerprint density at radius 1 is 1.53 bits per heavy atom. The molecule has 2 heterocycles. The van der Waals surface area contributed by atoms with Gasteiger partial charge in [0.25, 0.3) is 0 Å². The zero-order valence-corrected chi connectivity index (χ0v) is 9.89. The second kappa shape index (κ2) is 4.96. The van der Waals surface area contributed by atoms with Gasteiger partial charge in [-0.25, -0.2) is 19.4 Å². The molecule has 6 nitrogen and oxygen atoms in total. The summed E-state index contributed by atoms with van der Waals surface area (Å²) in [5.74, 6) is -0.513. The van der Waals surface area contributed by atoms with E-state index in [0.717, 1.165) is 5.16 Å². The molecular weight excluding hydrogens is 240 g/mol. The molecule has 0 amide bonds. The molecular formula is C10H10N4O2S. The lowest BCUT2D eigenvalue weighted by Gasteiger charge is -2.03. The van der Waals surface area contributed by atoms with Crippen LogP contribution in [0.2, 0.25) is 0 Å². The highest BCUT2D eigenvalue weighted by atomic mass is 32.2. The minimum atomic E-state index is -1.01. The monoisotopic (exact) mass is 250 g/mol. The number of pyridine rings is 1. The summed E-state index contributed by atoms with van der Waals surface area (Å²) in [6.45, 7) is 0. The SMILES string of the molecule is Cn1ncnc1SCc1cccnc1C(=O)O. The molecule has 2 aromatic rings. The summed E-state index contributed by atoms with van der Waals surface area (Å²) in [4.78, 5) is 18.8. The summed E-state index contributed by atoms with van der Waals surface area (Å²) in [7, 11) is 1.79. The number of aryl methyl sites for hydroxylation is 1. The zero-order chi connectivity index (χ0) is 12.3. The standard InChI is InChI=1S/C10H10N4O2S/c1-14-10(12-6-13-14)17-5-7-3-2-4-11-8(7)9(15)16/h2-4,6H,5H2,1H3,(H,15,16). The molecule has 88 valence electrons. The number of aromatic nitrogens is 4. The fourth-order valence-electron chi connectivity index (χ4n) is 1.31. The second-order valence-electron chi connectivity index (χ2n) is 3.27. The molecule has 0 saturated carbocycles. The topological polar surface area (TPSA) is 80.9 Å². The number of nitrogens with zero attached hydrogens (tertiary/aromatic N) is 4. The smallest absolute Gasteiger partial charge is 0.354 e. The Kier molecular flexibility index (Phi) is 3.38. The van der Waals surface area contributed by atoms with E-state index in [0.29, 0.717) is 11.3 Å². The van der Waals surface area contributed by atoms with Gasteiger partial charge in [-0.2, -0.15) is 5.10 Å². The third kappa shape index (κ3) is 2.62. The molecule has 17 heavy (non-hydrogen) atoms. The quantitative estimate of drug-likeness (QED) is 0.821. The van der Waals surface area contributed by atoms with Crippen molar-refractivity contribution in [2.75, 3.05) is 0 Å². The van der Waals surface area contributed by atoms with E-state index in [1.165, 1.54) is 24.3 Å². The van der Waals surface area contributed by atoms with Gasteiger partial charge in [0.15, 0.2) is 10.9 Å². The van der Waals surface area contributed by atoms with Crippen LogP contribution in [0.4, 0.5) is 0 Å². The number of hydrogen-bond acceptors (Lipinski definition) is 5. The molecule has 0 fully saturated rings. The number of thioether (sulfide) groups is 1. The molecule has 0 bridgehead atoms. The molecule has 2 aromatic heterocycles.